The van der Waals surface area contributed by atoms with E-state index in [1.165, 1.54) is 0 Å². The number of nitrogens with two attached hydrogens (primary N) is 1. The molecule has 0 aliphatic rings. The van der Waals surface area contributed by atoms with Crippen LogP contribution in [0, 0.1) is 0 Å². The van der Waals surface area contributed by atoms with E-state index in [9.17, 15) is 0 Å². The summed E-state index contributed by atoms with van der Waals surface area (Å²) in [5, 5.41) is 0. The van der Waals surface area contributed by atoms with Gasteiger partial charge in [-0.1, -0.05) is 12.2 Å². The fourth-order valence-corrected chi connectivity index (χ4v) is 1.82. The van der Waals surface area contributed by atoms with Gasteiger partial charge in [-0.2, -0.15) is 0 Å². The third-order valence-electron chi connectivity index (χ3n) is 1.80. The zero-order valence-electron chi connectivity index (χ0n) is 8.54. The minimum absolute atomic E-state index is 0.331. The number of hydrogen-bond acceptors (Lipinski definition) is 3. The fraction of sp³-hybridized carbons (Fsp3) is 0.300. The Morgan fingerprint density at radius 2 is 2.20 bits per heavy atom. The van der Waals surface area contributed by atoms with Gasteiger partial charge in [-0.25, -0.2) is 0 Å². The lowest BCUT2D eigenvalue weighted by molar-refractivity contribution is 0.309. The van der Waals surface area contributed by atoms with Crippen molar-refractivity contribution in [3.63, 3.8) is 0 Å². The van der Waals surface area contributed by atoms with Crippen molar-refractivity contribution in [1.82, 2.24) is 0 Å². The van der Waals surface area contributed by atoms with E-state index in [1.807, 2.05) is 13.0 Å². The summed E-state index contributed by atoms with van der Waals surface area (Å²) in [6.07, 6.45) is 0. The molecule has 0 fully saturated rings. The maximum atomic E-state index is 5.54. The average molecular weight is 290 g/mol. The Hall–Kier alpha value is -0.810. The first-order chi connectivity index (χ1) is 7.10. The highest BCUT2D eigenvalue weighted by molar-refractivity contribution is 9.10. The Balaban J connectivity index is 3.24. The lowest BCUT2D eigenvalue weighted by atomic mass is 10.2. The van der Waals surface area contributed by atoms with Gasteiger partial charge in [0.25, 0.3) is 0 Å². The molecule has 2 N–H and O–H groups in total. The molecule has 0 bridgehead atoms. The number of halogens is 1. The van der Waals surface area contributed by atoms with E-state index in [0.717, 1.165) is 10.0 Å². The number of hydrogen-bond donors (Lipinski definition) is 1. The summed E-state index contributed by atoms with van der Waals surface area (Å²) in [4.78, 5) is 0.331. The first-order valence-corrected chi connectivity index (χ1v) is 5.60. The van der Waals surface area contributed by atoms with Crippen LogP contribution in [0.15, 0.2) is 16.6 Å². The van der Waals surface area contributed by atoms with E-state index >= 15 is 0 Å². The zero-order valence-corrected chi connectivity index (χ0v) is 10.9. The molecular weight excluding hydrogens is 278 g/mol. The third-order valence-corrected chi connectivity index (χ3v) is 2.63. The molecule has 0 aromatic heterocycles. The van der Waals surface area contributed by atoms with Crippen molar-refractivity contribution in [3.05, 3.63) is 22.2 Å². The highest BCUT2D eigenvalue weighted by Gasteiger charge is 2.11. The number of methoxy groups -OCH3 is 1. The molecule has 0 aliphatic heterocycles. The summed E-state index contributed by atoms with van der Waals surface area (Å²) >= 11 is 8.29. The minimum atomic E-state index is 0.331. The molecule has 82 valence electrons. The van der Waals surface area contributed by atoms with Crippen LogP contribution in [0.1, 0.15) is 12.5 Å². The van der Waals surface area contributed by atoms with Crippen LogP contribution in [0.5, 0.6) is 11.5 Å². The molecule has 3 nitrogen and oxygen atoms in total. The SMILES string of the molecule is CCOc1c(Br)cc(C(N)=S)cc1OC. The summed E-state index contributed by atoms with van der Waals surface area (Å²) in [5.41, 5.74) is 6.29. The van der Waals surface area contributed by atoms with Crippen LogP contribution in [0.25, 0.3) is 0 Å². The molecule has 0 radical (unpaired) electrons. The van der Waals surface area contributed by atoms with E-state index in [0.29, 0.717) is 23.1 Å². The van der Waals surface area contributed by atoms with Gasteiger partial charge in [0.2, 0.25) is 0 Å². The molecule has 0 amide bonds. The molecule has 0 aliphatic carbocycles. The average Bonchev–Trinajstić information content (AvgIpc) is 2.20. The molecule has 0 heterocycles. The van der Waals surface area contributed by atoms with Gasteiger partial charge in [0.15, 0.2) is 11.5 Å². The second-order valence-corrected chi connectivity index (χ2v) is 4.08. The monoisotopic (exact) mass is 289 g/mol. The molecule has 5 heteroatoms. The Labute approximate surface area is 103 Å². The standard InChI is InChI=1S/C10H12BrNO2S/c1-3-14-9-7(11)4-6(10(12)15)5-8(9)13-2/h4-5H,3H2,1-2H3,(H2,12,15). The van der Waals surface area contributed by atoms with Gasteiger partial charge in [-0.15, -0.1) is 0 Å². The van der Waals surface area contributed by atoms with E-state index in [1.54, 1.807) is 13.2 Å². The summed E-state index contributed by atoms with van der Waals surface area (Å²) < 4.78 is 11.4. The Kier molecular flexibility index (Phi) is 4.35. The van der Waals surface area contributed by atoms with Crippen molar-refractivity contribution >= 4 is 33.1 Å². The maximum absolute atomic E-state index is 5.54. The molecular formula is C10H12BrNO2S. The zero-order chi connectivity index (χ0) is 11.4. The van der Waals surface area contributed by atoms with Gasteiger partial charge < -0.3 is 15.2 Å². The van der Waals surface area contributed by atoms with Crippen molar-refractivity contribution in [2.24, 2.45) is 5.73 Å². The highest BCUT2D eigenvalue weighted by atomic mass is 79.9. The molecule has 0 unspecified atom stereocenters. The van der Waals surface area contributed by atoms with Crippen LogP contribution < -0.4 is 15.2 Å². The number of benzene rings is 1. The van der Waals surface area contributed by atoms with Crippen LogP contribution in [-0.2, 0) is 0 Å². The van der Waals surface area contributed by atoms with Crippen molar-refractivity contribution in [3.8, 4) is 11.5 Å². The molecule has 0 spiro atoms. The van der Waals surface area contributed by atoms with Crippen LogP contribution in [0.3, 0.4) is 0 Å². The molecule has 0 atom stereocenters. The molecule has 0 saturated heterocycles. The van der Waals surface area contributed by atoms with Crippen LogP contribution in [0.4, 0.5) is 0 Å². The molecule has 1 aromatic carbocycles. The normalized spacial score (nSPS) is 9.80. The van der Waals surface area contributed by atoms with Gasteiger partial charge in [-0.05, 0) is 35.0 Å². The lowest BCUT2D eigenvalue weighted by Gasteiger charge is -2.12. The Morgan fingerprint density at radius 3 is 2.67 bits per heavy atom. The van der Waals surface area contributed by atoms with Crippen LogP contribution in [0.2, 0.25) is 0 Å². The second-order valence-electron chi connectivity index (χ2n) is 2.79. The lowest BCUT2D eigenvalue weighted by Crippen LogP contribution is -2.10. The van der Waals surface area contributed by atoms with E-state index in [2.05, 4.69) is 15.9 Å². The van der Waals surface area contributed by atoms with E-state index in [-0.39, 0.29) is 0 Å². The maximum Gasteiger partial charge on any atom is 0.175 e. The van der Waals surface area contributed by atoms with Crippen molar-refractivity contribution in [2.75, 3.05) is 13.7 Å². The van der Waals surface area contributed by atoms with Gasteiger partial charge in [0.1, 0.15) is 4.99 Å². The quantitative estimate of drug-likeness (QED) is 0.865. The van der Waals surface area contributed by atoms with E-state index in [4.69, 9.17) is 27.4 Å². The fourth-order valence-electron chi connectivity index (χ4n) is 1.15. The van der Waals surface area contributed by atoms with Gasteiger partial charge in [0.05, 0.1) is 18.2 Å². The Morgan fingerprint density at radius 1 is 1.53 bits per heavy atom. The minimum Gasteiger partial charge on any atom is -0.493 e. The highest BCUT2D eigenvalue weighted by Crippen LogP contribution is 2.36. The van der Waals surface area contributed by atoms with Crippen molar-refractivity contribution in [1.29, 1.82) is 0 Å². The van der Waals surface area contributed by atoms with Gasteiger partial charge in [0, 0.05) is 5.56 Å². The smallest absolute Gasteiger partial charge is 0.175 e. The number of ether oxygens (including phenoxy) is 2. The summed E-state index contributed by atoms with van der Waals surface area (Å²) in [5.74, 6) is 1.29. The topological polar surface area (TPSA) is 44.5 Å². The number of thiocarbonyl (C=S) groups is 1. The Bertz CT molecular complexity index is 382. The van der Waals surface area contributed by atoms with Crippen LogP contribution in [-0.4, -0.2) is 18.7 Å². The summed E-state index contributed by atoms with van der Waals surface area (Å²) in [7, 11) is 1.58. The largest absolute Gasteiger partial charge is 0.493 e. The first kappa shape index (κ1) is 12.3. The predicted octanol–water partition coefficient (Wildman–Crippen LogP) is 2.49. The molecule has 1 aromatic rings. The third kappa shape index (κ3) is 2.82. The van der Waals surface area contributed by atoms with Gasteiger partial charge >= 0.3 is 0 Å². The summed E-state index contributed by atoms with van der Waals surface area (Å²) in [6, 6.07) is 3.58. The number of rotatable bonds is 4. The molecule has 1 rings (SSSR count). The van der Waals surface area contributed by atoms with Crippen molar-refractivity contribution < 1.29 is 9.47 Å². The van der Waals surface area contributed by atoms with Crippen LogP contribution >= 0.6 is 28.1 Å². The van der Waals surface area contributed by atoms with E-state index < -0.39 is 0 Å². The molecule has 0 saturated carbocycles. The first-order valence-electron chi connectivity index (χ1n) is 4.40. The second kappa shape index (κ2) is 5.32. The van der Waals surface area contributed by atoms with Crippen molar-refractivity contribution in [2.45, 2.75) is 6.92 Å². The predicted molar refractivity (Wildman–Crippen MR) is 67.8 cm³/mol. The molecule has 15 heavy (non-hydrogen) atoms. The summed E-state index contributed by atoms with van der Waals surface area (Å²) in [6.45, 7) is 2.48. The van der Waals surface area contributed by atoms with Gasteiger partial charge in [-0.3, -0.25) is 0 Å².